The lowest BCUT2D eigenvalue weighted by atomic mass is 10.2. The van der Waals surface area contributed by atoms with Gasteiger partial charge in [0.1, 0.15) is 0 Å². The van der Waals surface area contributed by atoms with Gasteiger partial charge in [0.2, 0.25) is 0 Å². The molecule has 1 aromatic carbocycles. The lowest BCUT2D eigenvalue weighted by Crippen LogP contribution is -2.27. The van der Waals surface area contributed by atoms with Crippen molar-refractivity contribution in [3.63, 3.8) is 0 Å². The minimum Gasteiger partial charge on any atom is -0.398 e. The van der Waals surface area contributed by atoms with Crippen LogP contribution in [0.2, 0.25) is 0 Å². The molecule has 20 heavy (non-hydrogen) atoms. The first-order chi connectivity index (χ1) is 9.34. The van der Waals surface area contributed by atoms with Crippen LogP contribution in [0.3, 0.4) is 0 Å². The fraction of sp³-hybridized carbons (Fsp3) is 0.154. The van der Waals surface area contributed by atoms with Gasteiger partial charge in [-0.3, -0.25) is 9.29 Å². The zero-order valence-electron chi connectivity index (χ0n) is 11.0. The molecule has 0 fully saturated rings. The highest BCUT2D eigenvalue weighted by Gasteiger charge is 2.24. The first-order valence-corrected chi connectivity index (χ1v) is 8.02. The predicted octanol–water partition coefficient (Wildman–Crippen LogP) is 2.56. The average molecular weight is 356 g/mol. The van der Waals surface area contributed by atoms with E-state index in [0.29, 0.717) is 21.4 Å². The summed E-state index contributed by atoms with van der Waals surface area (Å²) in [5.41, 5.74) is 7.34. The van der Waals surface area contributed by atoms with Gasteiger partial charge in [0.05, 0.1) is 10.6 Å². The fourth-order valence-corrected chi connectivity index (χ4v) is 3.88. The molecule has 5 nitrogen and oxygen atoms in total. The molecule has 0 unspecified atom stereocenters. The Morgan fingerprint density at radius 1 is 1.25 bits per heavy atom. The number of aromatic nitrogens is 1. The Balaban J connectivity index is 2.57. The topological polar surface area (TPSA) is 76.3 Å². The van der Waals surface area contributed by atoms with E-state index in [9.17, 15) is 8.42 Å². The maximum atomic E-state index is 12.7. The standard InChI is InChI=1S/C13H14BrN3O2S/c1-9-12(15)7-10(14)8-13(9)20(18,19)17(2)11-3-5-16-6-4-11/h3-8H,15H2,1-2H3. The van der Waals surface area contributed by atoms with Crippen LogP contribution in [-0.2, 0) is 10.0 Å². The monoisotopic (exact) mass is 355 g/mol. The fourth-order valence-electron chi connectivity index (χ4n) is 1.78. The molecule has 7 heteroatoms. The number of nitrogen functional groups attached to an aromatic ring is 1. The summed E-state index contributed by atoms with van der Waals surface area (Å²) in [7, 11) is -2.17. The lowest BCUT2D eigenvalue weighted by Gasteiger charge is -2.21. The van der Waals surface area contributed by atoms with Crippen molar-refractivity contribution in [1.82, 2.24) is 4.98 Å². The summed E-state index contributed by atoms with van der Waals surface area (Å²) in [6.45, 7) is 1.69. The van der Waals surface area contributed by atoms with Crippen LogP contribution in [0.1, 0.15) is 5.56 Å². The number of hydrogen-bond donors (Lipinski definition) is 1. The van der Waals surface area contributed by atoms with Gasteiger partial charge in [0.15, 0.2) is 0 Å². The van der Waals surface area contributed by atoms with E-state index in [4.69, 9.17) is 5.73 Å². The molecule has 2 N–H and O–H groups in total. The minimum atomic E-state index is -3.67. The van der Waals surface area contributed by atoms with Gasteiger partial charge in [0.25, 0.3) is 10.0 Å². The Kier molecular flexibility index (Phi) is 4.01. The van der Waals surface area contributed by atoms with Gasteiger partial charge >= 0.3 is 0 Å². The summed E-state index contributed by atoms with van der Waals surface area (Å²) in [5.74, 6) is 0. The summed E-state index contributed by atoms with van der Waals surface area (Å²) in [6.07, 6.45) is 3.09. The van der Waals surface area contributed by atoms with Gasteiger partial charge in [-0.25, -0.2) is 8.42 Å². The van der Waals surface area contributed by atoms with Crippen LogP contribution in [-0.4, -0.2) is 20.4 Å². The number of nitrogens with zero attached hydrogens (tertiary/aromatic N) is 2. The highest BCUT2D eigenvalue weighted by Crippen LogP contribution is 2.29. The SMILES string of the molecule is Cc1c(N)cc(Br)cc1S(=O)(=O)N(C)c1ccncc1. The van der Waals surface area contributed by atoms with Gasteiger partial charge < -0.3 is 5.73 Å². The third kappa shape index (κ3) is 2.64. The molecule has 2 aromatic rings. The molecular formula is C13H14BrN3O2S. The predicted molar refractivity (Wildman–Crippen MR) is 83.1 cm³/mol. The Morgan fingerprint density at radius 3 is 2.45 bits per heavy atom. The highest BCUT2D eigenvalue weighted by molar-refractivity contribution is 9.10. The number of halogens is 1. The first-order valence-electron chi connectivity index (χ1n) is 5.78. The third-order valence-corrected chi connectivity index (χ3v) is 5.40. The van der Waals surface area contributed by atoms with E-state index < -0.39 is 10.0 Å². The summed E-state index contributed by atoms with van der Waals surface area (Å²) in [5, 5.41) is 0. The second-order valence-electron chi connectivity index (χ2n) is 4.30. The number of pyridine rings is 1. The molecule has 1 aromatic heterocycles. The number of nitrogens with two attached hydrogens (primary N) is 1. The molecule has 2 rings (SSSR count). The van der Waals surface area contributed by atoms with Gasteiger partial charge in [-0.05, 0) is 36.8 Å². The van der Waals surface area contributed by atoms with E-state index in [0.717, 1.165) is 0 Å². The molecule has 0 saturated carbocycles. The molecule has 0 bridgehead atoms. The van der Waals surface area contributed by atoms with Crippen molar-refractivity contribution in [2.45, 2.75) is 11.8 Å². The summed E-state index contributed by atoms with van der Waals surface area (Å²) in [4.78, 5) is 4.06. The van der Waals surface area contributed by atoms with Crippen molar-refractivity contribution in [3.05, 3.63) is 46.7 Å². The van der Waals surface area contributed by atoms with Crippen LogP contribution in [0, 0.1) is 6.92 Å². The Labute approximate surface area is 126 Å². The molecule has 0 aliphatic carbocycles. The molecule has 0 radical (unpaired) electrons. The van der Waals surface area contributed by atoms with Crippen molar-refractivity contribution < 1.29 is 8.42 Å². The largest absolute Gasteiger partial charge is 0.398 e. The Hall–Kier alpha value is -1.60. The zero-order valence-corrected chi connectivity index (χ0v) is 13.4. The van der Waals surface area contributed by atoms with E-state index in [1.54, 1.807) is 43.6 Å². The second kappa shape index (κ2) is 5.41. The molecule has 0 atom stereocenters. The average Bonchev–Trinajstić information content (AvgIpc) is 2.42. The maximum absolute atomic E-state index is 12.7. The molecule has 0 aliphatic heterocycles. The van der Waals surface area contributed by atoms with Crippen molar-refractivity contribution in [3.8, 4) is 0 Å². The molecule has 1 heterocycles. The van der Waals surface area contributed by atoms with Crippen LogP contribution in [0.5, 0.6) is 0 Å². The maximum Gasteiger partial charge on any atom is 0.264 e. The van der Waals surface area contributed by atoms with Crippen LogP contribution < -0.4 is 10.0 Å². The van der Waals surface area contributed by atoms with Gasteiger partial charge in [0, 0.05) is 29.6 Å². The smallest absolute Gasteiger partial charge is 0.264 e. The normalized spacial score (nSPS) is 11.3. The van der Waals surface area contributed by atoms with E-state index >= 15 is 0 Å². The van der Waals surface area contributed by atoms with Crippen molar-refractivity contribution in [2.24, 2.45) is 0 Å². The number of benzene rings is 1. The zero-order chi connectivity index (χ0) is 14.9. The summed E-state index contributed by atoms with van der Waals surface area (Å²) in [6, 6.07) is 6.50. The highest BCUT2D eigenvalue weighted by atomic mass is 79.9. The van der Waals surface area contributed by atoms with E-state index in [1.807, 2.05) is 0 Å². The van der Waals surface area contributed by atoms with Crippen molar-refractivity contribution in [1.29, 1.82) is 0 Å². The first kappa shape index (κ1) is 14.8. The van der Waals surface area contributed by atoms with Crippen LogP contribution in [0.4, 0.5) is 11.4 Å². The number of rotatable bonds is 3. The number of sulfonamides is 1. The molecule has 0 amide bonds. The van der Waals surface area contributed by atoms with Crippen LogP contribution >= 0.6 is 15.9 Å². The quantitative estimate of drug-likeness (QED) is 0.858. The van der Waals surface area contributed by atoms with E-state index in [1.165, 1.54) is 11.4 Å². The van der Waals surface area contributed by atoms with E-state index in [-0.39, 0.29) is 4.90 Å². The van der Waals surface area contributed by atoms with E-state index in [2.05, 4.69) is 20.9 Å². The second-order valence-corrected chi connectivity index (χ2v) is 7.15. The number of hydrogen-bond acceptors (Lipinski definition) is 4. The van der Waals surface area contributed by atoms with Crippen LogP contribution in [0.15, 0.2) is 46.0 Å². The van der Waals surface area contributed by atoms with Crippen molar-refractivity contribution in [2.75, 3.05) is 17.1 Å². The van der Waals surface area contributed by atoms with Crippen LogP contribution in [0.25, 0.3) is 0 Å². The minimum absolute atomic E-state index is 0.184. The number of anilines is 2. The van der Waals surface area contributed by atoms with Crippen molar-refractivity contribution >= 4 is 37.3 Å². The molecule has 106 valence electrons. The Bertz CT molecular complexity index is 733. The van der Waals surface area contributed by atoms with Gasteiger partial charge in [-0.1, -0.05) is 15.9 Å². The molecular weight excluding hydrogens is 342 g/mol. The molecule has 0 aliphatic rings. The van der Waals surface area contributed by atoms with Gasteiger partial charge in [-0.2, -0.15) is 0 Å². The summed E-state index contributed by atoms with van der Waals surface area (Å²) >= 11 is 3.27. The molecule has 0 spiro atoms. The summed E-state index contributed by atoms with van der Waals surface area (Å²) < 4.78 is 27.2. The Morgan fingerprint density at radius 2 is 1.85 bits per heavy atom. The van der Waals surface area contributed by atoms with Gasteiger partial charge in [-0.15, -0.1) is 0 Å². The molecule has 0 saturated heterocycles. The lowest BCUT2D eigenvalue weighted by molar-refractivity contribution is 0.593. The third-order valence-electron chi connectivity index (χ3n) is 3.03.